The zero-order valence-corrected chi connectivity index (χ0v) is 21.1. The molecule has 2 saturated heterocycles. The van der Waals surface area contributed by atoms with Crippen LogP contribution in [0.1, 0.15) is 56.1 Å². The van der Waals surface area contributed by atoms with E-state index in [-0.39, 0.29) is 42.4 Å². The van der Waals surface area contributed by atoms with Gasteiger partial charge in [-0.25, -0.2) is 0 Å². The van der Waals surface area contributed by atoms with Crippen LogP contribution in [0.2, 0.25) is 0 Å². The van der Waals surface area contributed by atoms with Crippen molar-refractivity contribution in [3.63, 3.8) is 0 Å². The Hall–Kier alpha value is -3.88. The Balaban J connectivity index is 1.38. The second-order valence-corrected chi connectivity index (χ2v) is 9.72. The number of carbonyl (C=O) groups excluding carboxylic acids is 3. The topological polar surface area (TPSA) is 126 Å². The molecule has 0 aliphatic carbocycles. The van der Waals surface area contributed by atoms with Crippen molar-refractivity contribution in [3.8, 4) is 0 Å². The zero-order chi connectivity index (χ0) is 26.4. The highest BCUT2D eigenvalue weighted by atomic mass is 16.5. The molecule has 9 nitrogen and oxygen atoms in total. The quantitative estimate of drug-likeness (QED) is 0.186. The summed E-state index contributed by atoms with van der Waals surface area (Å²) in [5.41, 5.74) is 7.47. The molecule has 1 atom stereocenters. The fraction of sp³-hybridized carbons (Fsp3) is 0.429. The number of amidine groups is 1. The second kappa shape index (κ2) is 11.5. The van der Waals surface area contributed by atoms with Gasteiger partial charge >= 0.3 is 5.97 Å². The van der Waals surface area contributed by atoms with Crippen LogP contribution in [0.4, 0.5) is 5.69 Å². The number of hydrogen-bond acceptors (Lipinski definition) is 6. The predicted molar refractivity (Wildman–Crippen MR) is 139 cm³/mol. The molecule has 2 aromatic rings. The third-order valence-corrected chi connectivity index (χ3v) is 7.58. The molecule has 0 saturated carbocycles. The van der Waals surface area contributed by atoms with Crippen LogP contribution < -0.4 is 10.6 Å². The normalized spacial score (nSPS) is 18.2. The van der Waals surface area contributed by atoms with Crippen LogP contribution in [-0.2, 0) is 19.1 Å². The third-order valence-electron chi connectivity index (χ3n) is 7.58. The Morgan fingerprint density at radius 2 is 1.68 bits per heavy atom. The Morgan fingerprint density at radius 3 is 2.30 bits per heavy atom. The smallest absolute Gasteiger partial charge is 0.306 e. The number of carbonyl (C=O) groups is 3. The maximum atomic E-state index is 13.5. The van der Waals surface area contributed by atoms with E-state index in [1.165, 1.54) is 0 Å². The fourth-order valence-corrected chi connectivity index (χ4v) is 5.38. The van der Waals surface area contributed by atoms with Crippen molar-refractivity contribution in [2.24, 2.45) is 16.3 Å². The largest absolute Gasteiger partial charge is 0.466 e. The molecule has 2 amide bonds. The van der Waals surface area contributed by atoms with Gasteiger partial charge in [-0.2, -0.15) is 0 Å². The van der Waals surface area contributed by atoms with Crippen molar-refractivity contribution < 1.29 is 24.3 Å². The van der Waals surface area contributed by atoms with E-state index in [1.807, 2.05) is 35.2 Å². The number of anilines is 1. The second-order valence-electron chi connectivity index (χ2n) is 9.72. The number of amides is 2. The van der Waals surface area contributed by atoms with Gasteiger partial charge in [0.1, 0.15) is 0 Å². The summed E-state index contributed by atoms with van der Waals surface area (Å²) in [6.45, 7) is 3.73. The van der Waals surface area contributed by atoms with Crippen molar-refractivity contribution >= 4 is 29.3 Å². The van der Waals surface area contributed by atoms with E-state index in [4.69, 9.17) is 15.7 Å². The van der Waals surface area contributed by atoms with E-state index in [0.29, 0.717) is 44.6 Å². The molecule has 1 unspecified atom stereocenters. The van der Waals surface area contributed by atoms with Crippen molar-refractivity contribution in [1.82, 2.24) is 4.90 Å². The maximum Gasteiger partial charge on any atom is 0.306 e. The third kappa shape index (κ3) is 5.76. The van der Waals surface area contributed by atoms with Crippen molar-refractivity contribution in [2.75, 3.05) is 31.1 Å². The minimum atomic E-state index is -0.467. The minimum Gasteiger partial charge on any atom is -0.466 e. The average molecular weight is 507 g/mol. The number of hydrogen-bond donors (Lipinski definition) is 2. The first-order chi connectivity index (χ1) is 17.9. The van der Waals surface area contributed by atoms with E-state index in [2.05, 4.69) is 5.16 Å². The van der Waals surface area contributed by atoms with Gasteiger partial charge in [-0.15, -0.1) is 0 Å². The monoisotopic (exact) mass is 506 g/mol. The molecule has 2 aromatic carbocycles. The summed E-state index contributed by atoms with van der Waals surface area (Å²) in [5.74, 6) is -0.461. The molecule has 196 valence electrons. The highest BCUT2D eigenvalue weighted by molar-refractivity contribution is 6.01. The van der Waals surface area contributed by atoms with Crippen molar-refractivity contribution in [1.29, 1.82) is 0 Å². The minimum absolute atomic E-state index is 0.00553. The number of benzene rings is 2. The molecular weight excluding hydrogens is 472 g/mol. The summed E-state index contributed by atoms with van der Waals surface area (Å²) in [4.78, 5) is 42.5. The lowest BCUT2D eigenvalue weighted by molar-refractivity contribution is -0.144. The summed E-state index contributed by atoms with van der Waals surface area (Å²) in [5, 5.41) is 11.9. The van der Waals surface area contributed by atoms with Crippen LogP contribution in [0, 0.1) is 5.41 Å². The fourth-order valence-electron chi connectivity index (χ4n) is 5.38. The molecule has 2 aliphatic heterocycles. The summed E-state index contributed by atoms with van der Waals surface area (Å²) < 4.78 is 5.14. The van der Waals surface area contributed by atoms with E-state index in [1.54, 1.807) is 36.1 Å². The first-order valence-electron chi connectivity index (χ1n) is 12.7. The molecule has 9 heteroatoms. The predicted octanol–water partition coefficient (Wildman–Crippen LogP) is 3.25. The number of esters is 1. The van der Waals surface area contributed by atoms with Gasteiger partial charge in [-0.1, -0.05) is 35.5 Å². The lowest BCUT2D eigenvalue weighted by atomic mass is 9.77. The number of rotatable bonds is 8. The highest BCUT2D eigenvalue weighted by Gasteiger charge is 2.49. The van der Waals surface area contributed by atoms with Gasteiger partial charge in [0, 0.05) is 43.2 Å². The molecule has 4 rings (SSSR count). The van der Waals surface area contributed by atoms with Gasteiger partial charge in [0.25, 0.3) is 0 Å². The Kier molecular flexibility index (Phi) is 8.11. The number of piperidine rings is 1. The number of ether oxygens (including phenoxy) is 1. The van der Waals surface area contributed by atoms with Crippen LogP contribution >= 0.6 is 0 Å². The van der Waals surface area contributed by atoms with Gasteiger partial charge in [0.2, 0.25) is 11.8 Å². The maximum absolute atomic E-state index is 13.5. The molecule has 0 bridgehead atoms. The van der Waals surface area contributed by atoms with Crippen LogP contribution in [0.25, 0.3) is 0 Å². The molecule has 2 aliphatic rings. The molecule has 2 fully saturated rings. The standard InChI is InChI=1S/C28H34N4O5/c1-2-37-25(34)19-22(20-6-4-3-5-7-20)18-24(33)31-15-12-28(13-16-31)14-17-32(27(28)35)23-10-8-21(9-11-23)26(29)30-36/h3-11,22,36H,2,12-19H2,1H3,(H2,29,30). The van der Waals surface area contributed by atoms with Crippen LogP contribution in [0.15, 0.2) is 59.8 Å². The lowest BCUT2D eigenvalue weighted by Gasteiger charge is -2.38. The first kappa shape index (κ1) is 26.2. The number of nitrogens with two attached hydrogens (primary N) is 1. The summed E-state index contributed by atoms with van der Waals surface area (Å²) in [6, 6.07) is 16.6. The summed E-state index contributed by atoms with van der Waals surface area (Å²) in [6.07, 6.45) is 2.35. The summed E-state index contributed by atoms with van der Waals surface area (Å²) >= 11 is 0. The molecule has 0 radical (unpaired) electrons. The molecule has 37 heavy (non-hydrogen) atoms. The molecule has 2 heterocycles. The number of nitrogens with zero attached hydrogens (tertiary/aromatic N) is 3. The molecule has 0 aromatic heterocycles. The highest BCUT2D eigenvalue weighted by Crippen LogP contribution is 2.43. The summed E-state index contributed by atoms with van der Waals surface area (Å²) in [7, 11) is 0. The molecule has 3 N–H and O–H groups in total. The number of likely N-dealkylation sites (tertiary alicyclic amines) is 1. The van der Waals surface area contributed by atoms with Gasteiger partial charge in [0.15, 0.2) is 5.84 Å². The Morgan fingerprint density at radius 1 is 1.03 bits per heavy atom. The van der Waals surface area contributed by atoms with Crippen LogP contribution in [-0.4, -0.2) is 60.0 Å². The SMILES string of the molecule is CCOC(=O)CC(CC(=O)N1CCC2(CC1)CCN(c1ccc(/C(N)=N\O)cc1)C2=O)c1ccccc1. The van der Waals surface area contributed by atoms with Gasteiger partial charge in [-0.05, 0) is 56.0 Å². The zero-order valence-electron chi connectivity index (χ0n) is 21.1. The first-order valence-corrected chi connectivity index (χ1v) is 12.7. The van der Waals surface area contributed by atoms with E-state index in [9.17, 15) is 14.4 Å². The van der Waals surface area contributed by atoms with Gasteiger partial charge < -0.3 is 25.5 Å². The van der Waals surface area contributed by atoms with E-state index in [0.717, 1.165) is 17.7 Å². The Bertz CT molecular complexity index is 1140. The van der Waals surface area contributed by atoms with Crippen LogP contribution in [0.3, 0.4) is 0 Å². The molecule has 1 spiro atoms. The van der Waals surface area contributed by atoms with Gasteiger partial charge in [-0.3, -0.25) is 14.4 Å². The van der Waals surface area contributed by atoms with E-state index < -0.39 is 5.41 Å². The average Bonchev–Trinajstić information content (AvgIpc) is 3.24. The lowest BCUT2D eigenvalue weighted by Crippen LogP contribution is -2.47. The number of oxime groups is 1. The Labute approximate surface area is 216 Å². The van der Waals surface area contributed by atoms with E-state index >= 15 is 0 Å². The van der Waals surface area contributed by atoms with Gasteiger partial charge in [0.05, 0.1) is 18.4 Å². The van der Waals surface area contributed by atoms with Crippen molar-refractivity contribution in [3.05, 3.63) is 65.7 Å². The van der Waals surface area contributed by atoms with Crippen molar-refractivity contribution in [2.45, 2.75) is 44.9 Å². The van der Waals surface area contributed by atoms with Crippen LogP contribution in [0.5, 0.6) is 0 Å². The molecular formula is C28H34N4O5.